The van der Waals surface area contributed by atoms with E-state index in [2.05, 4.69) is 15.8 Å². The van der Waals surface area contributed by atoms with Crippen LogP contribution in [0.2, 0.25) is 0 Å². The Morgan fingerprint density at radius 2 is 2.24 bits per heavy atom. The Morgan fingerprint density at radius 1 is 1.43 bits per heavy atom. The molecule has 1 atom stereocenters. The van der Waals surface area contributed by atoms with E-state index in [1.165, 1.54) is 11.8 Å². The number of nitrogens with one attached hydrogen (secondary N) is 2. The summed E-state index contributed by atoms with van der Waals surface area (Å²) in [5.41, 5.74) is 1.11. The van der Waals surface area contributed by atoms with Crippen LogP contribution in [-0.2, 0) is 4.79 Å². The maximum absolute atomic E-state index is 12.1. The SMILES string of the molecule is Cc1cc(NC(=O)c2ccc3c(c2)NC(=O)[C@H](C)S3)no1. The van der Waals surface area contributed by atoms with Crippen LogP contribution in [0, 0.1) is 6.92 Å². The summed E-state index contributed by atoms with van der Waals surface area (Å²) < 4.78 is 4.89. The second kappa shape index (κ2) is 5.25. The number of thioether (sulfide) groups is 1. The third-order valence-electron chi connectivity index (χ3n) is 3.04. The third kappa shape index (κ3) is 2.78. The minimum Gasteiger partial charge on any atom is -0.360 e. The average Bonchev–Trinajstić information content (AvgIpc) is 2.85. The summed E-state index contributed by atoms with van der Waals surface area (Å²) in [6.07, 6.45) is 0. The van der Waals surface area contributed by atoms with Gasteiger partial charge in [0.1, 0.15) is 5.76 Å². The van der Waals surface area contributed by atoms with Gasteiger partial charge in [-0.05, 0) is 32.0 Å². The molecular formula is C14H13N3O3S. The van der Waals surface area contributed by atoms with E-state index in [9.17, 15) is 9.59 Å². The molecule has 0 saturated heterocycles. The lowest BCUT2D eigenvalue weighted by Gasteiger charge is -2.21. The van der Waals surface area contributed by atoms with Gasteiger partial charge in [-0.3, -0.25) is 9.59 Å². The molecule has 2 N–H and O–H groups in total. The number of amides is 2. The van der Waals surface area contributed by atoms with Crippen molar-refractivity contribution in [3.05, 3.63) is 35.6 Å². The summed E-state index contributed by atoms with van der Waals surface area (Å²) in [6.45, 7) is 3.59. The highest BCUT2D eigenvalue weighted by Gasteiger charge is 2.23. The summed E-state index contributed by atoms with van der Waals surface area (Å²) in [4.78, 5) is 24.8. The Bertz CT molecular complexity index is 726. The second-order valence-corrected chi connectivity index (χ2v) is 6.12. The summed E-state index contributed by atoms with van der Waals surface area (Å²) in [7, 11) is 0. The normalized spacial score (nSPS) is 17.0. The van der Waals surface area contributed by atoms with Crippen molar-refractivity contribution >= 4 is 35.1 Å². The summed E-state index contributed by atoms with van der Waals surface area (Å²) in [5, 5.41) is 9.02. The van der Waals surface area contributed by atoms with Crippen LogP contribution in [0.5, 0.6) is 0 Å². The number of anilines is 2. The summed E-state index contributed by atoms with van der Waals surface area (Å²) in [6, 6.07) is 6.85. The molecule has 2 aromatic rings. The van der Waals surface area contributed by atoms with E-state index < -0.39 is 0 Å². The molecule has 1 aliphatic rings. The zero-order valence-electron chi connectivity index (χ0n) is 11.5. The first-order valence-corrected chi connectivity index (χ1v) is 7.27. The fourth-order valence-electron chi connectivity index (χ4n) is 1.96. The largest absolute Gasteiger partial charge is 0.360 e. The van der Waals surface area contributed by atoms with Crippen molar-refractivity contribution in [2.75, 3.05) is 10.6 Å². The molecule has 2 amide bonds. The van der Waals surface area contributed by atoms with Gasteiger partial charge in [-0.1, -0.05) is 5.16 Å². The highest BCUT2D eigenvalue weighted by atomic mass is 32.2. The maximum atomic E-state index is 12.1. The molecule has 2 heterocycles. The van der Waals surface area contributed by atoms with Gasteiger partial charge in [-0.2, -0.15) is 0 Å². The molecule has 21 heavy (non-hydrogen) atoms. The van der Waals surface area contributed by atoms with Crippen molar-refractivity contribution in [1.82, 2.24) is 5.16 Å². The zero-order valence-corrected chi connectivity index (χ0v) is 12.3. The first-order valence-electron chi connectivity index (χ1n) is 6.39. The minimum absolute atomic E-state index is 0.0582. The minimum atomic E-state index is -0.302. The number of rotatable bonds is 2. The second-order valence-electron chi connectivity index (χ2n) is 4.74. The van der Waals surface area contributed by atoms with Gasteiger partial charge in [0.05, 0.1) is 10.9 Å². The van der Waals surface area contributed by atoms with Gasteiger partial charge in [-0.25, -0.2) is 0 Å². The molecule has 0 bridgehead atoms. The van der Waals surface area contributed by atoms with E-state index >= 15 is 0 Å². The lowest BCUT2D eigenvalue weighted by atomic mass is 10.1. The molecule has 1 aliphatic heterocycles. The van der Waals surface area contributed by atoms with Gasteiger partial charge < -0.3 is 15.2 Å². The molecule has 1 aromatic carbocycles. The molecule has 3 rings (SSSR count). The van der Waals surface area contributed by atoms with Crippen molar-refractivity contribution < 1.29 is 14.1 Å². The Balaban J connectivity index is 1.82. The summed E-state index contributed by atoms with van der Waals surface area (Å²) >= 11 is 1.48. The van der Waals surface area contributed by atoms with E-state index in [-0.39, 0.29) is 17.1 Å². The van der Waals surface area contributed by atoms with Crippen LogP contribution in [0.3, 0.4) is 0 Å². The Morgan fingerprint density at radius 3 is 2.95 bits per heavy atom. The highest BCUT2D eigenvalue weighted by Crippen LogP contribution is 2.35. The van der Waals surface area contributed by atoms with Gasteiger partial charge in [0.15, 0.2) is 5.82 Å². The van der Waals surface area contributed by atoms with E-state index in [0.29, 0.717) is 22.8 Å². The molecule has 0 fully saturated rings. The molecule has 1 aromatic heterocycles. The van der Waals surface area contributed by atoms with E-state index in [4.69, 9.17) is 4.52 Å². The van der Waals surface area contributed by atoms with Crippen molar-refractivity contribution in [2.45, 2.75) is 24.0 Å². The quantitative estimate of drug-likeness (QED) is 0.891. The van der Waals surface area contributed by atoms with Gasteiger partial charge in [0.2, 0.25) is 5.91 Å². The lowest BCUT2D eigenvalue weighted by Crippen LogP contribution is -2.26. The smallest absolute Gasteiger partial charge is 0.256 e. The van der Waals surface area contributed by atoms with E-state index in [0.717, 1.165) is 4.90 Å². The number of fused-ring (bicyclic) bond motifs is 1. The third-order valence-corrected chi connectivity index (χ3v) is 4.22. The van der Waals surface area contributed by atoms with Crippen molar-refractivity contribution in [1.29, 1.82) is 0 Å². The van der Waals surface area contributed by atoms with Crippen LogP contribution in [0.1, 0.15) is 23.0 Å². The molecule has 108 valence electrons. The molecule has 0 radical (unpaired) electrons. The topological polar surface area (TPSA) is 84.2 Å². The number of benzene rings is 1. The van der Waals surface area contributed by atoms with E-state index in [1.807, 2.05) is 13.0 Å². The van der Waals surface area contributed by atoms with Crippen LogP contribution in [0.25, 0.3) is 0 Å². The van der Waals surface area contributed by atoms with Crippen LogP contribution in [0.15, 0.2) is 33.7 Å². The number of carbonyl (C=O) groups excluding carboxylic acids is 2. The maximum Gasteiger partial charge on any atom is 0.256 e. The molecule has 0 spiro atoms. The van der Waals surface area contributed by atoms with Crippen LogP contribution < -0.4 is 10.6 Å². The molecular weight excluding hydrogens is 290 g/mol. The van der Waals surface area contributed by atoms with E-state index in [1.54, 1.807) is 25.1 Å². The summed E-state index contributed by atoms with van der Waals surface area (Å²) in [5.74, 6) is 0.622. The van der Waals surface area contributed by atoms with Crippen molar-refractivity contribution in [3.63, 3.8) is 0 Å². The zero-order chi connectivity index (χ0) is 15.0. The molecule has 7 heteroatoms. The van der Waals surface area contributed by atoms with Crippen LogP contribution in [0.4, 0.5) is 11.5 Å². The predicted octanol–water partition coefficient (Wildman–Crippen LogP) is 2.67. The van der Waals surface area contributed by atoms with Crippen molar-refractivity contribution in [3.8, 4) is 0 Å². The number of hydrogen-bond acceptors (Lipinski definition) is 5. The Hall–Kier alpha value is -2.28. The number of nitrogens with zero attached hydrogens (tertiary/aromatic N) is 1. The van der Waals surface area contributed by atoms with Crippen molar-refractivity contribution in [2.24, 2.45) is 0 Å². The number of aryl methyl sites for hydroxylation is 1. The van der Waals surface area contributed by atoms with Gasteiger partial charge in [0.25, 0.3) is 5.91 Å². The standard InChI is InChI=1S/C14H13N3O3S/c1-7-5-12(17-20-7)16-14(19)9-3-4-11-10(6-9)15-13(18)8(2)21-11/h3-6,8H,1-2H3,(H,15,18)(H,16,17,19)/t8-/m0/s1. The average molecular weight is 303 g/mol. The number of carbonyl (C=O) groups is 2. The highest BCUT2D eigenvalue weighted by molar-refractivity contribution is 8.00. The Kier molecular flexibility index (Phi) is 3.42. The first-order chi connectivity index (χ1) is 10.0. The first kappa shape index (κ1) is 13.7. The number of aromatic nitrogens is 1. The molecule has 0 saturated carbocycles. The van der Waals surface area contributed by atoms with Crippen LogP contribution >= 0.6 is 11.8 Å². The van der Waals surface area contributed by atoms with Crippen LogP contribution in [-0.4, -0.2) is 22.2 Å². The molecule has 0 unspecified atom stereocenters. The van der Waals surface area contributed by atoms with Gasteiger partial charge in [-0.15, -0.1) is 11.8 Å². The fourth-order valence-corrected chi connectivity index (χ4v) is 2.89. The predicted molar refractivity (Wildman–Crippen MR) is 79.6 cm³/mol. The molecule has 0 aliphatic carbocycles. The lowest BCUT2D eigenvalue weighted by molar-refractivity contribution is -0.115. The Labute approximate surface area is 125 Å². The fraction of sp³-hybridized carbons (Fsp3) is 0.214. The monoisotopic (exact) mass is 303 g/mol. The number of hydrogen-bond donors (Lipinski definition) is 2. The van der Waals surface area contributed by atoms with Gasteiger partial charge >= 0.3 is 0 Å². The van der Waals surface area contributed by atoms with Gasteiger partial charge in [0, 0.05) is 16.5 Å². The molecule has 6 nitrogen and oxygen atoms in total.